The number of hydrogen-bond acceptors (Lipinski definition) is 4. The lowest BCUT2D eigenvalue weighted by atomic mass is 10.2. The highest BCUT2D eigenvalue weighted by Crippen LogP contribution is 2.28. The Labute approximate surface area is 181 Å². The molecule has 1 heterocycles. The number of hydrogen-bond donors (Lipinski definition) is 0. The van der Waals surface area contributed by atoms with Crippen LogP contribution in [0.1, 0.15) is 5.56 Å². The number of benzene rings is 2. The fraction of sp³-hybridized carbons (Fsp3) is 0.350. The number of carbonyl (C=O) groups is 1. The largest absolute Gasteiger partial charge is 0.339 e. The second-order valence-electron chi connectivity index (χ2n) is 7.02. The van der Waals surface area contributed by atoms with Gasteiger partial charge < -0.3 is 4.90 Å². The first-order valence-electron chi connectivity index (χ1n) is 9.23. The van der Waals surface area contributed by atoms with Gasteiger partial charge in [-0.3, -0.25) is 9.69 Å². The second-order valence-corrected chi connectivity index (χ2v) is 9.77. The monoisotopic (exact) mass is 455 g/mol. The molecule has 0 radical (unpaired) electrons. The lowest BCUT2D eigenvalue weighted by Gasteiger charge is -2.35. The SMILES string of the molecule is CN(CC(=O)N1CCN(S(=O)(=O)c2cc(Cl)ccc2Cl)CC1)Cc1ccccc1. The average Bonchev–Trinajstić information content (AvgIpc) is 2.70. The van der Waals surface area contributed by atoms with Gasteiger partial charge in [-0.15, -0.1) is 0 Å². The van der Waals surface area contributed by atoms with Crippen molar-refractivity contribution in [3.05, 3.63) is 64.1 Å². The van der Waals surface area contributed by atoms with E-state index in [0.717, 1.165) is 5.56 Å². The van der Waals surface area contributed by atoms with Crippen LogP contribution in [0.25, 0.3) is 0 Å². The van der Waals surface area contributed by atoms with Gasteiger partial charge in [0.15, 0.2) is 0 Å². The summed E-state index contributed by atoms with van der Waals surface area (Å²) in [6, 6.07) is 14.3. The Morgan fingerprint density at radius 1 is 1.03 bits per heavy atom. The van der Waals surface area contributed by atoms with Crippen molar-refractivity contribution in [3.8, 4) is 0 Å². The number of rotatable bonds is 6. The van der Waals surface area contributed by atoms with E-state index in [1.54, 1.807) is 11.0 Å². The molecule has 1 saturated heterocycles. The number of nitrogens with zero attached hydrogens (tertiary/aromatic N) is 3. The van der Waals surface area contributed by atoms with Gasteiger partial charge in [-0.2, -0.15) is 4.31 Å². The highest BCUT2D eigenvalue weighted by atomic mass is 35.5. The van der Waals surface area contributed by atoms with Crippen LogP contribution in [-0.2, 0) is 21.4 Å². The van der Waals surface area contributed by atoms with Crippen molar-refractivity contribution in [2.75, 3.05) is 39.8 Å². The van der Waals surface area contributed by atoms with Gasteiger partial charge in [0, 0.05) is 37.7 Å². The number of halogens is 2. The van der Waals surface area contributed by atoms with Crippen molar-refractivity contribution in [1.82, 2.24) is 14.1 Å². The maximum Gasteiger partial charge on any atom is 0.244 e. The molecular weight excluding hydrogens is 433 g/mol. The minimum atomic E-state index is -3.76. The number of amides is 1. The van der Waals surface area contributed by atoms with Crippen molar-refractivity contribution >= 4 is 39.1 Å². The molecule has 156 valence electrons. The van der Waals surface area contributed by atoms with E-state index in [-0.39, 0.29) is 35.5 Å². The summed E-state index contributed by atoms with van der Waals surface area (Å²) in [5.41, 5.74) is 1.14. The highest BCUT2D eigenvalue weighted by molar-refractivity contribution is 7.89. The first kappa shape index (κ1) is 22.1. The smallest absolute Gasteiger partial charge is 0.244 e. The zero-order chi connectivity index (χ0) is 21.0. The summed E-state index contributed by atoms with van der Waals surface area (Å²) in [5, 5.41) is 0.443. The number of piperazine rings is 1. The molecule has 0 saturated carbocycles. The van der Waals surface area contributed by atoms with Crippen molar-refractivity contribution < 1.29 is 13.2 Å². The topological polar surface area (TPSA) is 60.9 Å². The van der Waals surface area contributed by atoms with Crippen LogP contribution < -0.4 is 0 Å². The van der Waals surface area contributed by atoms with Gasteiger partial charge in [-0.05, 0) is 30.8 Å². The lowest BCUT2D eigenvalue weighted by molar-refractivity contribution is -0.133. The zero-order valence-electron chi connectivity index (χ0n) is 16.1. The van der Waals surface area contributed by atoms with E-state index < -0.39 is 10.0 Å². The minimum absolute atomic E-state index is 0.00552. The predicted octanol–water partition coefficient (Wildman–Crippen LogP) is 2.96. The van der Waals surface area contributed by atoms with Gasteiger partial charge in [0.2, 0.25) is 15.9 Å². The first-order valence-corrected chi connectivity index (χ1v) is 11.4. The van der Waals surface area contributed by atoms with Crippen LogP contribution in [-0.4, -0.2) is 68.2 Å². The Bertz CT molecular complexity index is 962. The van der Waals surface area contributed by atoms with E-state index in [2.05, 4.69) is 0 Å². The van der Waals surface area contributed by atoms with Crippen LogP contribution in [0.5, 0.6) is 0 Å². The highest BCUT2D eigenvalue weighted by Gasteiger charge is 2.31. The fourth-order valence-electron chi connectivity index (χ4n) is 3.27. The average molecular weight is 456 g/mol. The molecule has 1 fully saturated rings. The molecule has 6 nitrogen and oxygen atoms in total. The maximum absolute atomic E-state index is 12.9. The minimum Gasteiger partial charge on any atom is -0.339 e. The fourth-order valence-corrected chi connectivity index (χ4v) is 5.43. The maximum atomic E-state index is 12.9. The van der Waals surface area contributed by atoms with Crippen LogP contribution in [0.2, 0.25) is 10.0 Å². The number of likely N-dealkylation sites (N-methyl/N-ethyl adjacent to an activating group) is 1. The third-order valence-electron chi connectivity index (χ3n) is 4.80. The molecule has 29 heavy (non-hydrogen) atoms. The summed E-state index contributed by atoms with van der Waals surface area (Å²) in [6.07, 6.45) is 0. The summed E-state index contributed by atoms with van der Waals surface area (Å²) in [4.78, 5) is 16.2. The van der Waals surface area contributed by atoms with Crippen molar-refractivity contribution in [2.24, 2.45) is 0 Å². The number of carbonyl (C=O) groups excluding carboxylic acids is 1. The molecule has 1 amide bonds. The molecule has 3 rings (SSSR count). The molecule has 0 aromatic heterocycles. The molecule has 0 bridgehead atoms. The molecule has 2 aromatic rings. The van der Waals surface area contributed by atoms with Gasteiger partial charge in [0.1, 0.15) is 4.90 Å². The quantitative estimate of drug-likeness (QED) is 0.671. The van der Waals surface area contributed by atoms with Gasteiger partial charge in [-0.25, -0.2) is 8.42 Å². The van der Waals surface area contributed by atoms with Gasteiger partial charge in [0.05, 0.1) is 11.6 Å². The summed E-state index contributed by atoms with van der Waals surface area (Å²) in [7, 11) is -1.86. The molecule has 0 unspecified atom stereocenters. The van der Waals surface area contributed by atoms with E-state index in [1.807, 2.05) is 42.3 Å². The van der Waals surface area contributed by atoms with Crippen molar-refractivity contribution in [3.63, 3.8) is 0 Å². The molecular formula is C20H23Cl2N3O3S. The molecule has 1 aliphatic rings. The van der Waals surface area contributed by atoms with Crippen LogP contribution >= 0.6 is 23.2 Å². The molecule has 0 spiro atoms. The van der Waals surface area contributed by atoms with E-state index in [4.69, 9.17) is 23.2 Å². The second kappa shape index (κ2) is 9.45. The molecule has 9 heteroatoms. The third kappa shape index (κ3) is 5.49. The molecule has 0 N–H and O–H groups in total. The van der Waals surface area contributed by atoms with Gasteiger partial charge in [0.25, 0.3) is 0 Å². The van der Waals surface area contributed by atoms with E-state index in [9.17, 15) is 13.2 Å². The third-order valence-corrected chi connectivity index (χ3v) is 7.42. The summed E-state index contributed by atoms with van der Waals surface area (Å²) >= 11 is 12.0. The van der Waals surface area contributed by atoms with Crippen LogP contribution in [0, 0.1) is 0 Å². The normalized spacial score (nSPS) is 15.7. The Balaban J connectivity index is 1.57. The van der Waals surface area contributed by atoms with Crippen LogP contribution in [0.4, 0.5) is 0 Å². The number of sulfonamides is 1. The Morgan fingerprint density at radius 3 is 2.34 bits per heavy atom. The first-order chi connectivity index (χ1) is 13.8. The van der Waals surface area contributed by atoms with Crippen molar-refractivity contribution in [2.45, 2.75) is 11.4 Å². The van der Waals surface area contributed by atoms with E-state index >= 15 is 0 Å². The molecule has 0 aliphatic carbocycles. The van der Waals surface area contributed by atoms with E-state index in [0.29, 0.717) is 24.7 Å². The standard InChI is InChI=1S/C20H23Cl2N3O3S/c1-23(14-16-5-3-2-4-6-16)15-20(26)24-9-11-25(12-10-24)29(27,28)19-13-17(21)7-8-18(19)22/h2-8,13H,9-12,14-15H2,1H3. The van der Waals surface area contributed by atoms with E-state index in [1.165, 1.54) is 16.4 Å². The zero-order valence-corrected chi connectivity index (χ0v) is 18.4. The van der Waals surface area contributed by atoms with Crippen LogP contribution in [0.3, 0.4) is 0 Å². The molecule has 0 atom stereocenters. The van der Waals surface area contributed by atoms with Gasteiger partial charge >= 0.3 is 0 Å². The molecule has 2 aromatic carbocycles. The predicted molar refractivity (Wildman–Crippen MR) is 115 cm³/mol. The Hall–Kier alpha value is -1.64. The van der Waals surface area contributed by atoms with Gasteiger partial charge in [-0.1, -0.05) is 53.5 Å². The lowest BCUT2D eigenvalue weighted by Crippen LogP contribution is -2.52. The Kier molecular flexibility index (Phi) is 7.19. The van der Waals surface area contributed by atoms with Crippen LogP contribution in [0.15, 0.2) is 53.4 Å². The Morgan fingerprint density at radius 2 is 1.69 bits per heavy atom. The molecule has 1 aliphatic heterocycles. The summed E-state index contributed by atoms with van der Waals surface area (Å²) in [5.74, 6) is -0.0127. The summed E-state index contributed by atoms with van der Waals surface area (Å²) < 4.78 is 27.1. The van der Waals surface area contributed by atoms with Crippen molar-refractivity contribution in [1.29, 1.82) is 0 Å². The summed E-state index contributed by atoms with van der Waals surface area (Å²) in [6.45, 7) is 2.08.